The highest BCUT2D eigenvalue weighted by molar-refractivity contribution is 5.79. The van der Waals surface area contributed by atoms with Crippen molar-refractivity contribution in [1.29, 1.82) is 5.26 Å². The number of hydrogen-bond donors (Lipinski definition) is 1. The molecule has 0 saturated heterocycles. The van der Waals surface area contributed by atoms with Gasteiger partial charge in [0.1, 0.15) is 5.82 Å². The van der Waals surface area contributed by atoms with Crippen LogP contribution in [0.1, 0.15) is 19.3 Å². The van der Waals surface area contributed by atoms with Crippen molar-refractivity contribution >= 4 is 10.9 Å². The molecular formula is C20H19N3O3. The van der Waals surface area contributed by atoms with E-state index in [1.54, 1.807) is 25.3 Å². The summed E-state index contributed by atoms with van der Waals surface area (Å²) >= 11 is 0. The number of aromatic amines is 1. The lowest BCUT2D eigenvalue weighted by molar-refractivity contribution is 0.287. The van der Waals surface area contributed by atoms with Gasteiger partial charge in [0.05, 0.1) is 30.7 Å². The number of hydrogen-bond acceptors (Lipinski definition) is 5. The average Bonchev–Trinajstić information content (AvgIpc) is 2.67. The van der Waals surface area contributed by atoms with Gasteiger partial charge in [0, 0.05) is 12.0 Å². The number of rotatable bonds is 7. The van der Waals surface area contributed by atoms with Crippen molar-refractivity contribution in [3.8, 4) is 29.0 Å². The van der Waals surface area contributed by atoms with Gasteiger partial charge in [-0.1, -0.05) is 12.1 Å². The van der Waals surface area contributed by atoms with Gasteiger partial charge in [-0.25, -0.2) is 4.98 Å². The van der Waals surface area contributed by atoms with E-state index < -0.39 is 0 Å². The van der Waals surface area contributed by atoms with Crippen molar-refractivity contribution in [2.45, 2.75) is 19.3 Å². The molecule has 0 bridgehead atoms. The van der Waals surface area contributed by atoms with E-state index in [9.17, 15) is 4.79 Å². The maximum atomic E-state index is 12.3. The Morgan fingerprint density at radius 2 is 2.00 bits per heavy atom. The second-order valence-corrected chi connectivity index (χ2v) is 5.76. The number of methoxy groups -OCH3 is 1. The van der Waals surface area contributed by atoms with Crippen LogP contribution >= 0.6 is 0 Å². The Kier molecular flexibility index (Phi) is 5.49. The summed E-state index contributed by atoms with van der Waals surface area (Å²) in [6, 6.07) is 14.7. The Balaban J connectivity index is 1.90. The lowest BCUT2D eigenvalue weighted by Gasteiger charge is -2.12. The molecule has 6 heteroatoms. The van der Waals surface area contributed by atoms with E-state index in [1.165, 1.54) is 0 Å². The summed E-state index contributed by atoms with van der Waals surface area (Å²) in [6.45, 7) is 0.489. The van der Waals surface area contributed by atoms with Gasteiger partial charge >= 0.3 is 0 Å². The third-order valence-corrected chi connectivity index (χ3v) is 3.99. The van der Waals surface area contributed by atoms with Crippen LogP contribution < -0.4 is 15.0 Å². The van der Waals surface area contributed by atoms with Crippen molar-refractivity contribution in [1.82, 2.24) is 9.97 Å². The lowest BCUT2D eigenvalue weighted by Crippen LogP contribution is -2.09. The Morgan fingerprint density at radius 1 is 1.15 bits per heavy atom. The maximum absolute atomic E-state index is 12.3. The first-order valence-corrected chi connectivity index (χ1v) is 8.40. The summed E-state index contributed by atoms with van der Waals surface area (Å²) in [5, 5.41) is 9.13. The minimum Gasteiger partial charge on any atom is -0.493 e. The first-order valence-electron chi connectivity index (χ1n) is 8.40. The topological polar surface area (TPSA) is 88.0 Å². The minimum absolute atomic E-state index is 0.180. The Bertz CT molecular complexity index is 1010. The molecule has 0 unspecified atom stereocenters. The molecule has 2 aromatic carbocycles. The quantitative estimate of drug-likeness (QED) is 0.658. The molecule has 26 heavy (non-hydrogen) atoms. The number of nitrogens with one attached hydrogen (secondary N) is 1. The van der Waals surface area contributed by atoms with Crippen molar-refractivity contribution in [3.63, 3.8) is 0 Å². The summed E-state index contributed by atoms with van der Waals surface area (Å²) in [5.41, 5.74) is 1.20. The van der Waals surface area contributed by atoms with Crippen molar-refractivity contribution in [3.05, 3.63) is 52.8 Å². The van der Waals surface area contributed by atoms with Gasteiger partial charge in [0.25, 0.3) is 5.56 Å². The number of para-hydroxylation sites is 1. The van der Waals surface area contributed by atoms with Crippen LogP contribution in [0.5, 0.6) is 11.5 Å². The molecule has 0 saturated carbocycles. The van der Waals surface area contributed by atoms with Crippen LogP contribution in [0.4, 0.5) is 0 Å². The summed E-state index contributed by atoms with van der Waals surface area (Å²) in [6.07, 6.45) is 2.09. The zero-order valence-corrected chi connectivity index (χ0v) is 14.5. The number of fused-ring (bicyclic) bond motifs is 1. The Hall–Kier alpha value is -3.33. The van der Waals surface area contributed by atoms with Gasteiger partial charge in [0.2, 0.25) is 0 Å². The van der Waals surface area contributed by atoms with Crippen LogP contribution in [-0.4, -0.2) is 23.7 Å². The van der Waals surface area contributed by atoms with Crippen LogP contribution in [0.15, 0.2) is 47.3 Å². The van der Waals surface area contributed by atoms with Crippen LogP contribution in [0.3, 0.4) is 0 Å². The molecule has 1 N–H and O–H groups in total. The Labute approximate surface area is 151 Å². The van der Waals surface area contributed by atoms with Gasteiger partial charge in [-0.3, -0.25) is 4.79 Å². The molecule has 0 aliphatic carbocycles. The molecule has 0 fully saturated rings. The molecule has 1 heterocycles. The summed E-state index contributed by atoms with van der Waals surface area (Å²) in [5.74, 6) is 1.67. The number of aromatic nitrogens is 2. The summed E-state index contributed by atoms with van der Waals surface area (Å²) in [4.78, 5) is 19.6. The molecule has 0 amide bonds. The van der Waals surface area contributed by atoms with Gasteiger partial charge in [-0.15, -0.1) is 0 Å². The molecule has 0 spiro atoms. The van der Waals surface area contributed by atoms with Gasteiger partial charge < -0.3 is 14.5 Å². The van der Waals surface area contributed by atoms with E-state index in [2.05, 4.69) is 16.0 Å². The van der Waals surface area contributed by atoms with E-state index in [1.807, 2.05) is 24.3 Å². The van der Waals surface area contributed by atoms with Crippen LogP contribution in [-0.2, 0) is 0 Å². The predicted octanol–water partition coefficient (Wildman–Crippen LogP) is 3.67. The van der Waals surface area contributed by atoms with Crippen LogP contribution in [0, 0.1) is 11.3 Å². The fourth-order valence-corrected chi connectivity index (χ4v) is 2.65. The fourth-order valence-electron chi connectivity index (χ4n) is 2.65. The maximum Gasteiger partial charge on any atom is 0.259 e. The predicted molar refractivity (Wildman–Crippen MR) is 99.3 cm³/mol. The molecule has 0 aliphatic heterocycles. The molecule has 132 valence electrons. The smallest absolute Gasteiger partial charge is 0.259 e. The third-order valence-electron chi connectivity index (χ3n) is 3.99. The average molecular weight is 349 g/mol. The highest BCUT2D eigenvalue weighted by atomic mass is 16.5. The first-order chi connectivity index (χ1) is 12.7. The normalized spacial score (nSPS) is 10.5. The number of nitriles is 1. The second-order valence-electron chi connectivity index (χ2n) is 5.76. The van der Waals surface area contributed by atoms with Crippen molar-refractivity contribution in [2.24, 2.45) is 0 Å². The monoisotopic (exact) mass is 349 g/mol. The van der Waals surface area contributed by atoms with Crippen molar-refractivity contribution < 1.29 is 9.47 Å². The summed E-state index contributed by atoms with van der Waals surface area (Å²) < 4.78 is 11.1. The molecule has 1 aromatic heterocycles. The Morgan fingerprint density at radius 3 is 2.81 bits per heavy atom. The van der Waals surface area contributed by atoms with Crippen LogP contribution in [0.25, 0.3) is 22.3 Å². The minimum atomic E-state index is -0.180. The summed E-state index contributed by atoms with van der Waals surface area (Å²) in [7, 11) is 1.58. The number of benzene rings is 2. The van der Waals surface area contributed by atoms with E-state index in [4.69, 9.17) is 14.7 Å². The van der Waals surface area contributed by atoms with E-state index >= 15 is 0 Å². The largest absolute Gasteiger partial charge is 0.493 e. The number of ether oxygens (including phenoxy) is 2. The first kappa shape index (κ1) is 17.5. The number of H-pyrrole nitrogens is 1. The van der Waals surface area contributed by atoms with Gasteiger partial charge in [-0.05, 0) is 43.2 Å². The molecule has 0 atom stereocenters. The van der Waals surface area contributed by atoms with E-state index in [0.717, 1.165) is 18.4 Å². The van der Waals surface area contributed by atoms with Gasteiger partial charge in [-0.2, -0.15) is 5.26 Å². The lowest BCUT2D eigenvalue weighted by atomic mass is 10.1. The molecule has 3 aromatic rings. The van der Waals surface area contributed by atoms with Crippen molar-refractivity contribution in [2.75, 3.05) is 13.7 Å². The molecule has 6 nitrogen and oxygen atoms in total. The molecule has 0 aliphatic rings. The number of nitrogens with zero attached hydrogens (tertiary/aromatic N) is 2. The fraction of sp³-hybridized carbons (Fsp3) is 0.250. The highest BCUT2D eigenvalue weighted by Crippen LogP contribution is 2.31. The standard InChI is InChI=1S/C20H19N3O3/c1-25-17-10-9-14(13-18(17)26-12-6-2-5-11-21)19-22-16-8-4-3-7-15(16)20(24)23-19/h3-4,7-10,13H,2,5-6,12H2,1H3,(H,22,23,24). The molecule has 0 radical (unpaired) electrons. The molecular weight excluding hydrogens is 330 g/mol. The third kappa shape index (κ3) is 3.83. The molecule has 3 rings (SSSR count). The number of unbranched alkanes of at least 4 members (excludes halogenated alkanes) is 2. The van der Waals surface area contributed by atoms with E-state index in [0.29, 0.717) is 41.3 Å². The zero-order chi connectivity index (χ0) is 18.4. The van der Waals surface area contributed by atoms with Crippen LogP contribution in [0.2, 0.25) is 0 Å². The SMILES string of the molecule is COc1ccc(-c2nc3ccccc3c(=O)[nH]2)cc1OCCCCC#N. The second kappa shape index (κ2) is 8.17. The zero-order valence-electron chi connectivity index (χ0n) is 14.5. The van der Waals surface area contributed by atoms with Gasteiger partial charge in [0.15, 0.2) is 11.5 Å². The van der Waals surface area contributed by atoms with E-state index in [-0.39, 0.29) is 5.56 Å². The highest BCUT2D eigenvalue weighted by Gasteiger charge is 2.10.